The van der Waals surface area contributed by atoms with Gasteiger partial charge in [-0.1, -0.05) is 13.0 Å². The molecule has 0 heterocycles. The second-order valence-corrected chi connectivity index (χ2v) is 4.21. The highest BCUT2D eigenvalue weighted by molar-refractivity contribution is 5.50. The van der Waals surface area contributed by atoms with Crippen LogP contribution in [0, 0.1) is 11.3 Å². The van der Waals surface area contributed by atoms with E-state index in [0.717, 1.165) is 12.1 Å². The first-order valence-corrected chi connectivity index (χ1v) is 5.53. The number of hydrogen-bond acceptors (Lipinski definition) is 3. The minimum absolute atomic E-state index is 0.122. The number of anilines is 1. The average molecular weight is 218 g/mol. The van der Waals surface area contributed by atoms with E-state index in [1.54, 1.807) is 6.07 Å². The lowest BCUT2D eigenvalue weighted by Crippen LogP contribution is -2.34. The Kier molecular flexibility index (Phi) is 4.33. The monoisotopic (exact) mass is 218 g/mol. The largest absolute Gasteiger partial charge is 0.396 e. The summed E-state index contributed by atoms with van der Waals surface area (Å²) in [4.78, 5) is 0. The van der Waals surface area contributed by atoms with Crippen LogP contribution in [0.1, 0.15) is 32.3 Å². The molecule has 0 amide bonds. The van der Waals surface area contributed by atoms with Gasteiger partial charge in [-0.15, -0.1) is 0 Å². The molecule has 0 aliphatic heterocycles. The number of hydrogen-bond donors (Lipinski definition) is 2. The molecule has 0 fully saturated rings. The lowest BCUT2D eigenvalue weighted by molar-refractivity contribution is 0.252. The Labute approximate surface area is 96.7 Å². The molecule has 0 saturated carbocycles. The zero-order valence-electron chi connectivity index (χ0n) is 9.83. The normalized spacial score (nSPS) is 13.9. The fourth-order valence-corrected chi connectivity index (χ4v) is 1.59. The standard InChI is InChI=1S/C13H18N2O/c1-3-13(2,7-8-16)15-12-6-4-5-11(9-12)10-14/h4-6,9,15-16H,3,7-8H2,1-2H3. The van der Waals surface area contributed by atoms with Gasteiger partial charge in [-0.05, 0) is 38.0 Å². The summed E-state index contributed by atoms with van der Waals surface area (Å²) in [5.74, 6) is 0. The third kappa shape index (κ3) is 3.25. The number of aliphatic hydroxyl groups excluding tert-OH is 1. The molecule has 3 nitrogen and oxygen atoms in total. The van der Waals surface area contributed by atoms with E-state index in [0.29, 0.717) is 12.0 Å². The molecule has 3 heteroatoms. The summed E-state index contributed by atoms with van der Waals surface area (Å²) in [6.07, 6.45) is 1.62. The number of nitriles is 1. The maximum absolute atomic E-state index is 9.02. The van der Waals surface area contributed by atoms with Crippen molar-refractivity contribution in [1.82, 2.24) is 0 Å². The molecular weight excluding hydrogens is 200 g/mol. The SMILES string of the molecule is CCC(C)(CCO)Nc1cccc(C#N)c1. The van der Waals surface area contributed by atoms with E-state index in [2.05, 4.69) is 25.2 Å². The summed E-state index contributed by atoms with van der Waals surface area (Å²) in [6.45, 7) is 4.31. The number of nitrogens with one attached hydrogen (secondary N) is 1. The van der Waals surface area contributed by atoms with Crippen LogP contribution in [0.2, 0.25) is 0 Å². The van der Waals surface area contributed by atoms with Gasteiger partial charge in [-0.3, -0.25) is 0 Å². The molecule has 0 aliphatic carbocycles. The Balaban J connectivity index is 2.82. The van der Waals surface area contributed by atoms with Crippen LogP contribution in [0.5, 0.6) is 0 Å². The predicted octanol–water partition coefficient (Wildman–Crippen LogP) is 2.52. The molecule has 0 aliphatic rings. The molecule has 1 aromatic carbocycles. The quantitative estimate of drug-likeness (QED) is 0.798. The van der Waals surface area contributed by atoms with Crippen LogP contribution < -0.4 is 5.32 Å². The molecule has 1 aromatic rings. The highest BCUT2D eigenvalue weighted by atomic mass is 16.3. The third-order valence-corrected chi connectivity index (χ3v) is 2.88. The minimum Gasteiger partial charge on any atom is -0.396 e. The summed E-state index contributed by atoms with van der Waals surface area (Å²) in [6, 6.07) is 9.51. The van der Waals surface area contributed by atoms with Crippen LogP contribution in [-0.4, -0.2) is 17.3 Å². The van der Waals surface area contributed by atoms with Gasteiger partial charge in [-0.2, -0.15) is 5.26 Å². The lowest BCUT2D eigenvalue weighted by atomic mass is 9.94. The van der Waals surface area contributed by atoms with Crippen molar-refractivity contribution in [3.63, 3.8) is 0 Å². The second-order valence-electron chi connectivity index (χ2n) is 4.21. The Morgan fingerprint density at radius 3 is 2.81 bits per heavy atom. The van der Waals surface area contributed by atoms with Crippen molar-refractivity contribution < 1.29 is 5.11 Å². The van der Waals surface area contributed by atoms with Crippen molar-refractivity contribution in [2.45, 2.75) is 32.2 Å². The Hall–Kier alpha value is -1.53. The van der Waals surface area contributed by atoms with Gasteiger partial charge in [0.15, 0.2) is 0 Å². The van der Waals surface area contributed by atoms with Gasteiger partial charge < -0.3 is 10.4 Å². The van der Waals surface area contributed by atoms with E-state index in [1.807, 2.05) is 18.2 Å². The molecule has 1 rings (SSSR count). The highest BCUT2D eigenvalue weighted by Gasteiger charge is 2.20. The smallest absolute Gasteiger partial charge is 0.0992 e. The van der Waals surface area contributed by atoms with Crippen LogP contribution in [-0.2, 0) is 0 Å². The van der Waals surface area contributed by atoms with Gasteiger partial charge in [0.1, 0.15) is 0 Å². The van der Waals surface area contributed by atoms with E-state index in [9.17, 15) is 0 Å². The molecule has 0 radical (unpaired) electrons. The first-order chi connectivity index (χ1) is 7.63. The van der Waals surface area contributed by atoms with E-state index in [4.69, 9.17) is 10.4 Å². The first-order valence-electron chi connectivity index (χ1n) is 5.53. The predicted molar refractivity (Wildman–Crippen MR) is 65.2 cm³/mol. The summed E-state index contributed by atoms with van der Waals surface area (Å²) in [5, 5.41) is 21.2. The Morgan fingerprint density at radius 2 is 2.25 bits per heavy atom. The molecule has 1 unspecified atom stereocenters. The molecule has 0 saturated heterocycles. The van der Waals surface area contributed by atoms with E-state index in [1.165, 1.54) is 0 Å². The van der Waals surface area contributed by atoms with Crippen molar-refractivity contribution >= 4 is 5.69 Å². The maximum atomic E-state index is 9.02. The summed E-state index contributed by atoms with van der Waals surface area (Å²) in [5.41, 5.74) is 1.45. The van der Waals surface area contributed by atoms with Crippen molar-refractivity contribution in [2.75, 3.05) is 11.9 Å². The van der Waals surface area contributed by atoms with Gasteiger partial charge in [0.2, 0.25) is 0 Å². The van der Waals surface area contributed by atoms with Crippen LogP contribution in [0.4, 0.5) is 5.69 Å². The Bertz CT molecular complexity index is 384. The minimum atomic E-state index is -0.122. The average Bonchev–Trinajstić information content (AvgIpc) is 2.29. The fourth-order valence-electron chi connectivity index (χ4n) is 1.59. The molecular formula is C13H18N2O. The Morgan fingerprint density at radius 1 is 1.50 bits per heavy atom. The van der Waals surface area contributed by atoms with Crippen LogP contribution >= 0.6 is 0 Å². The van der Waals surface area contributed by atoms with E-state index < -0.39 is 0 Å². The zero-order valence-corrected chi connectivity index (χ0v) is 9.83. The molecule has 86 valence electrons. The number of aliphatic hydroxyl groups is 1. The summed E-state index contributed by atoms with van der Waals surface area (Å²) >= 11 is 0. The fraction of sp³-hybridized carbons (Fsp3) is 0.462. The van der Waals surface area contributed by atoms with Crippen LogP contribution in [0.3, 0.4) is 0 Å². The topological polar surface area (TPSA) is 56.0 Å². The maximum Gasteiger partial charge on any atom is 0.0992 e. The molecule has 1 atom stereocenters. The van der Waals surface area contributed by atoms with Gasteiger partial charge in [0.25, 0.3) is 0 Å². The van der Waals surface area contributed by atoms with Gasteiger partial charge in [-0.25, -0.2) is 0 Å². The summed E-state index contributed by atoms with van der Waals surface area (Å²) in [7, 11) is 0. The highest BCUT2D eigenvalue weighted by Crippen LogP contribution is 2.22. The number of benzene rings is 1. The van der Waals surface area contributed by atoms with Gasteiger partial charge in [0, 0.05) is 17.8 Å². The number of rotatable bonds is 5. The van der Waals surface area contributed by atoms with Crippen molar-refractivity contribution in [2.24, 2.45) is 0 Å². The molecule has 0 aromatic heterocycles. The van der Waals surface area contributed by atoms with Gasteiger partial charge >= 0.3 is 0 Å². The van der Waals surface area contributed by atoms with Gasteiger partial charge in [0.05, 0.1) is 11.6 Å². The van der Waals surface area contributed by atoms with E-state index in [-0.39, 0.29) is 12.1 Å². The summed E-state index contributed by atoms with van der Waals surface area (Å²) < 4.78 is 0. The van der Waals surface area contributed by atoms with Crippen molar-refractivity contribution in [3.8, 4) is 6.07 Å². The van der Waals surface area contributed by atoms with Crippen molar-refractivity contribution in [1.29, 1.82) is 5.26 Å². The zero-order chi connectivity index (χ0) is 12.0. The molecule has 16 heavy (non-hydrogen) atoms. The number of nitrogens with zero attached hydrogens (tertiary/aromatic N) is 1. The third-order valence-electron chi connectivity index (χ3n) is 2.88. The first kappa shape index (κ1) is 12.5. The molecule has 0 bridgehead atoms. The van der Waals surface area contributed by atoms with Crippen molar-refractivity contribution in [3.05, 3.63) is 29.8 Å². The van der Waals surface area contributed by atoms with Crippen LogP contribution in [0.15, 0.2) is 24.3 Å². The molecule has 0 spiro atoms. The molecule has 2 N–H and O–H groups in total. The van der Waals surface area contributed by atoms with E-state index >= 15 is 0 Å². The van der Waals surface area contributed by atoms with Crippen LogP contribution in [0.25, 0.3) is 0 Å². The second kappa shape index (κ2) is 5.53. The lowest BCUT2D eigenvalue weighted by Gasteiger charge is -2.30.